The largest absolute Gasteiger partial charge is 0.397 e. The van der Waals surface area contributed by atoms with Crippen molar-refractivity contribution in [2.75, 3.05) is 11.1 Å². The summed E-state index contributed by atoms with van der Waals surface area (Å²) in [6, 6.07) is 5.40. The third-order valence-electron chi connectivity index (χ3n) is 2.23. The zero-order valence-electron chi connectivity index (χ0n) is 9.15. The van der Waals surface area contributed by atoms with Crippen LogP contribution in [0.2, 0.25) is 0 Å². The van der Waals surface area contributed by atoms with Crippen molar-refractivity contribution in [1.29, 1.82) is 0 Å². The molecule has 18 heavy (non-hydrogen) atoms. The van der Waals surface area contributed by atoms with Crippen molar-refractivity contribution in [3.63, 3.8) is 0 Å². The number of aromatic nitrogens is 1. The summed E-state index contributed by atoms with van der Waals surface area (Å²) in [4.78, 5) is 15.8. The quantitative estimate of drug-likeness (QED) is 0.838. The number of nitrogens with zero attached hydrogens (tertiary/aromatic N) is 1. The molecular formula is C12H9BrFN3O. The van der Waals surface area contributed by atoms with E-state index in [4.69, 9.17) is 5.73 Å². The first-order valence-corrected chi connectivity index (χ1v) is 5.82. The number of hydrogen-bond acceptors (Lipinski definition) is 3. The molecule has 0 aliphatic rings. The Hall–Kier alpha value is -1.95. The lowest BCUT2D eigenvalue weighted by Gasteiger charge is -2.08. The average Bonchev–Trinajstić information content (AvgIpc) is 2.34. The fraction of sp³-hybridized carbons (Fsp3) is 0. The van der Waals surface area contributed by atoms with Crippen molar-refractivity contribution in [3.05, 3.63) is 52.5 Å². The third kappa shape index (κ3) is 2.84. The number of benzene rings is 1. The minimum atomic E-state index is -0.466. The van der Waals surface area contributed by atoms with Gasteiger partial charge in [0, 0.05) is 16.9 Å². The first-order valence-electron chi connectivity index (χ1n) is 5.03. The number of nitrogens with two attached hydrogens (primary N) is 1. The van der Waals surface area contributed by atoms with Gasteiger partial charge >= 0.3 is 0 Å². The van der Waals surface area contributed by atoms with Gasteiger partial charge in [0.2, 0.25) is 0 Å². The highest BCUT2D eigenvalue weighted by atomic mass is 79.9. The van der Waals surface area contributed by atoms with Crippen molar-refractivity contribution < 1.29 is 9.18 Å². The van der Waals surface area contributed by atoms with E-state index in [1.807, 2.05) is 0 Å². The molecule has 1 aromatic heterocycles. The second-order valence-electron chi connectivity index (χ2n) is 3.58. The summed E-state index contributed by atoms with van der Waals surface area (Å²) in [6.07, 6.45) is 2.98. The highest BCUT2D eigenvalue weighted by Crippen LogP contribution is 2.20. The molecule has 0 unspecified atom stereocenters. The van der Waals surface area contributed by atoms with Crippen LogP contribution in [0.25, 0.3) is 0 Å². The fourth-order valence-corrected chi connectivity index (χ4v) is 1.73. The van der Waals surface area contributed by atoms with Gasteiger partial charge in [0.25, 0.3) is 5.91 Å². The van der Waals surface area contributed by atoms with Crippen molar-refractivity contribution in [2.45, 2.75) is 0 Å². The number of pyridine rings is 1. The molecule has 0 spiro atoms. The molecule has 6 heteroatoms. The molecule has 0 atom stereocenters. The smallest absolute Gasteiger partial charge is 0.257 e. The summed E-state index contributed by atoms with van der Waals surface area (Å²) in [5, 5.41) is 2.53. The molecule has 0 radical (unpaired) electrons. The van der Waals surface area contributed by atoms with Gasteiger partial charge in [-0.1, -0.05) is 0 Å². The van der Waals surface area contributed by atoms with E-state index in [0.717, 1.165) is 0 Å². The van der Waals surface area contributed by atoms with E-state index in [-0.39, 0.29) is 5.69 Å². The van der Waals surface area contributed by atoms with E-state index in [2.05, 4.69) is 26.2 Å². The summed E-state index contributed by atoms with van der Waals surface area (Å²) < 4.78 is 13.7. The zero-order chi connectivity index (χ0) is 13.1. The highest BCUT2D eigenvalue weighted by Gasteiger charge is 2.09. The average molecular weight is 310 g/mol. The van der Waals surface area contributed by atoms with Crippen LogP contribution in [0.15, 0.2) is 41.1 Å². The maximum absolute atomic E-state index is 13.0. The Bertz CT molecular complexity index is 604. The van der Waals surface area contributed by atoms with Gasteiger partial charge < -0.3 is 11.1 Å². The number of halogens is 2. The molecule has 92 valence electrons. The van der Waals surface area contributed by atoms with Crippen LogP contribution in [-0.4, -0.2) is 10.9 Å². The van der Waals surface area contributed by atoms with Gasteiger partial charge in [-0.15, -0.1) is 0 Å². The van der Waals surface area contributed by atoms with Crippen molar-refractivity contribution in [1.82, 2.24) is 4.98 Å². The van der Waals surface area contributed by atoms with Crippen molar-refractivity contribution in [3.8, 4) is 0 Å². The molecule has 1 aromatic carbocycles. The number of carbonyl (C=O) groups excluding carboxylic acids is 1. The van der Waals surface area contributed by atoms with E-state index in [9.17, 15) is 9.18 Å². The predicted octanol–water partition coefficient (Wildman–Crippen LogP) is 2.82. The maximum Gasteiger partial charge on any atom is 0.257 e. The van der Waals surface area contributed by atoms with E-state index < -0.39 is 11.7 Å². The lowest BCUT2D eigenvalue weighted by atomic mass is 10.2. The van der Waals surface area contributed by atoms with E-state index in [1.54, 1.807) is 12.3 Å². The Balaban J connectivity index is 2.24. The van der Waals surface area contributed by atoms with Crippen LogP contribution in [-0.2, 0) is 0 Å². The van der Waals surface area contributed by atoms with Gasteiger partial charge in [-0.25, -0.2) is 4.39 Å². The van der Waals surface area contributed by atoms with Crippen LogP contribution in [0.3, 0.4) is 0 Å². The van der Waals surface area contributed by atoms with E-state index in [0.29, 0.717) is 15.7 Å². The molecule has 2 aromatic rings. The molecule has 2 rings (SSSR count). The summed E-state index contributed by atoms with van der Waals surface area (Å²) in [5.74, 6) is -0.868. The molecule has 0 bridgehead atoms. The van der Waals surface area contributed by atoms with Crippen LogP contribution >= 0.6 is 15.9 Å². The number of rotatable bonds is 2. The molecule has 0 aliphatic heterocycles. The fourth-order valence-electron chi connectivity index (χ4n) is 1.37. The number of amides is 1. The number of anilines is 2. The Labute approximate surface area is 111 Å². The first-order chi connectivity index (χ1) is 8.56. The standard InChI is InChI=1S/C12H9BrFN3O/c13-8-3-7(5-16-6-8)12(18)17-11-4-9(14)1-2-10(11)15/h1-6H,15H2,(H,17,18). The summed E-state index contributed by atoms with van der Waals surface area (Å²) in [7, 11) is 0. The minimum Gasteiger partial charge on any atom is -0.397 e. The number of nitrogen functional groups attached to an aromatic ring is 1. The lowest BCUT2D eigenvalue weighted by molar-refractivity contribution is 0.102. The number of nitrogens with one attached hydrogen (secondary N) is 1. The van der Waals surface area contributed by atoms with Gasteiger partial charge in [-0.3, -0.25) is 9.78 Å². The Morgan fingerprint density at radius 1 is 1.33 bits per heavy atom. The summed E-state index contributed by atoms with van der Waals surface area (Å²) in [6.45, 7) is 0. The molecule has 4 nitrogen and oxygen atoms in total. The summed E-state index contributed by atoms with van der Waals surface area (Å²) in [5.41, 5.74) is 6.53. The predicted molar refractivity (Wildman–Crippen MR) is 70.7 cm³/mol. The van der Waals surface area contributed by atoms with Crippen LogP contribution in [0, 0.1) is 5.82 Å². The maximum atomic E-state index is 13.0. The Morgan fingerprint density at radius 2 is 2.11 bits per heavy atom. The molecule has 3 N–H and O–H groups in total. The molecule has 0 saturated carbocycles. The second kappa shape index (κ2) is 5.14. The summed E-state index contributed by atoms with van der Waals surface area (Å²) >= 11 is 3.21. The van der Waals surface area contributed by atoms with Crippen molar-refractivity contribution in [2.24, 2.45) is 0 Å². The zero-order valence-corrected chi connectivity index (χ0v) is 10.7. The van der Waals surface area contributed by atoms with Crippen LogP contribution in [0.5, 0.6) is 0 Å². The van der Waals surface area contributed by atoms with Gasteiger partial charge in [-0.2, -0.15) is 0 Å². The molecule has 1 heterocycles. The minimum absolute atomic E-state index is 0.236. The van der Waals surface area contributed by atoms with Gasteiger partial charge in [0.15, 0.2) is 0 Å². The van der Waals surface area contributed by atoms with E-state index >= 15 is 0 Å². The van der Waals surface area contributed by atoms with Gasteiger partial charge in [-0.05, 0) is 40.2 Å². The normalized spacial score (nSPS) is 10.1. The van der Waals surface area contributed by atoms with Crippen LogP contribution in [0.4, 0.5) is 15.8 Å². The Morgan fingerprint density at radius 3 is 2.83 bits per heavy atom. The van der Waals surface area contributed by atoms with Crippen LogP contribution < -0.4 is 11.1 Å². The molecule has 0 aliphatic carbocycles. The molecule has 0 saturated heterocycles. The third-order valence-corrected chi connectivity index (χ3v) is 2.66. The van der Waals surface area contributed by atoms with Gasteiger partial charge in [0.05, 0.1) is 16.9 Å². The Kier molecular flexibility index (Phi) is 3.57. The number of hydrogen-bond donors (Lipinski definition) is 2. The van der Waals surface area contributed by atoms with Crippen LogP contribution in [0.1, 0.15) is 10.4 Å². The topological polar surface area (TPSA) is 68.0 Å². The highest BCUT2D eigenvalue weighted by molar-refractivity contribution is 9.10. The SMILES string of the molecule is Nc1ccc(F)cc1NC(=O)c1cncc(Br)c1. The van der Waals surface area contributed by atoms with Crippen molar-refractivity contribution >= 4 is 33.2 Å². The second-order valence-corrected chi connectivity index (χ2v) is 4.49. The lowest BCUT2D eigenvalue weighted by Crippen LogP contribution is -2.13. The molecule has 0 fully saturated rings. The number of carbonyl (C=O) groups is 1. The first kappa shape index (κ1) is 12.5. The monoisotopic (exact) mass is 309 g/mol. The molecule has 1 amide bonds. The van der Waals surface area contributed by atoms with E-state index in [1.165, 1.54) is 24.4 Å². The molecular weight excluding hydrogens is 301 g/mol. The van der Waals surface area contributed by atoms with Gasteiger partial charge in [0.1, 0.15) is 5.82 Å².